The van der Waals surface area contributed by atoms with E-state index in [1.54, 1.807) is 0 Å². The van der Waals surface area contributed by atoms with Crippen LogP contribution in [0.15, 0.2) is 29.4 Å². The Kier molecular flexibility index (Phi) is 2.83. The van der Waals surface area contributed by atoms with Gasteiger partial charge in [0.15, 0.2) is 5.84 Å². The van der Waals surface area contributed by atoms with Crippen LogP contribution in [-0.2, 0) is 4.74 Å². The minimum atomic E-state index is 0.157. The zero-order valence-electron chi connectivity index (χ0n) is 10.1. The van der Waals surface area contributed by atoms with Gasteiger partial charge in [0.2, 0.25) is 0 Å². The molecule has 3 N–H and O–H groups in total. The van der Waals surface area contributed by atoms with Gasteiger partial charge in [0.25, 0.3) is 0 Å². The number of benzene rings is 1. The van der Waals surface area contributed by atoms with E-state index in [1.807, 2.05) is 24.3 Å². The molecule has 2 aliphatic heterocycles. The third-order valence-corrected chi connectivity index (χ3v) is 3.67. The molecule has 2 bridgehead atoms. The molecule has 0 spiro atoms. The first kappa shape index (κ1) is 11.3. The standard InChI is InChI=1S/C13H17N3O2/c14-13(15-17)11-3-1-2-4-12(11)16-7-9-5-6-10(8-16)18-9/h1-4,9-10,17H,5-8H2,(H2,14,15). The fraction of sp³-hybridized carbons (Fsp3) is 0.462. The highest BCUT2D eigenvalue weighted by Crippen LogP contribution is 2.31. The number of para-hydroxylation sites is 1. The average Bonchev–Trinajstić information content (AvgIpc) is 2.76. The highest BCUT2D eigenvalue weighted by atomic mass is 16.5. The fourth-order valence-electron chi connectivity index (χ4n) is 2.83. The number of ether oxygens (including phenoxy) is 1. The molecular weight excluding hydrogens is 230 g/mol. The largest absolute Gasteiger partial charge is 0.409 e. The maximum absolute atomic E-state index is 8.85. The molecule has 1 aromatic carbocycles. The van der Waals surface area contributed by atoms with Crippen LogP contribution in [0.3, 0.4) is 0 Å². The van der Waals surface area contributed by atoms with E-state index < -0.39 is 0 Å². The zero-order valence-corrected chi connectivity index (χ0v) is 10.1. The fourth-order valence-corrected chi connectivity index (χ4v) is 2.83. The van der Waals surface area contributed by atoms with Crippen LogP contribution in [0.2, 0.25) is 0 Å². The van der Waals surface area contributed by atoms with Crippen LogP contribution in [0.1, 0.15) is 18.4 Å². The number of rotatable bonds is 2. The number of nitrogens with two attached hydrogens (primary N) is 1. The van der Waals surface area contributed by atoms with Crippen molar-refractivity contribution in [1.29, 1.82) is 0 Å². The van der Waals surface area contributed by atoms with Crippen LogP contribution in [-0.4, -0.2) is 36.3 Å². The predicted octanol–water partition coefficient (Wildman–Crippen LogP) is 1.15. The number of nitrogens with zero attached hydrogens (tertiary/aromatic N) is 2. The number of oxime groups is 1. The van der Waals surface area contributed by atoms with Crippen LogP contribution >= 0.6 is 0 Å². The summed E-state index contributed by atoms with van der Waals surface area (Å²) in [6, 6.07) is 7.76. The van der Waals surface area contributed by atoms with Crippen LogP contribution in [0.25, 0.3) is 0 Å². The van der Waals surface area contributed by atoms with Crippen LogP contribution in [0.5, 0.6) is 0 Å². The van der Waals surface area contributed by atoms with Gasteiger partial charge < -0.3 is 20.6 Å². The van der Waals surface area contributed by atoms with Gasteiger partial charge in [0.1, 0.15) is 0 Å². The molecule has 3 rings (SSSR count). The van der Waals surface area contributed by atoms with E-state index in [2.05, 4.69) is 10.1 Å². The summed E-state index contributed by atoms with van der Waals surface area (Å²) >= 11 is 0. The number of anilines is 1. The lowest BCUT2D eigenvalue weighted by Crippen LogP contribution is -2.43. The first-order valence-corrected chi connectivity index (χ1v) is 6.25. The van der Waals surface area contributed by atoms with Gasteiger partial charge in [-0.05, 0) is 25.0 Å². The summed E-state index contributed by atoms with van der Waals surface area (Å²) in [6.07, 6.45) is 2.91. The Bertz CT molecular complexity index is 463. The Balaban J connectivity index is 1.92. The molecular formula is C13H17N3O2. The molecule has 0 aliphatic carbocycles. The van der Waals surface area contributed by atoms with E-state index >= 15 is 0 Å². The normalized spacial score (nSPS) is 27.6. The van der Waals surface area contributed by atoms with Crippen molar-refractivity contribution in [3.05, 3.63) is 29.8 Å². The number of morpholine rings is 1. The molecule has 5 heteroatoms. The summed E-state index contributed by atoms with van der Waals surface area (Å²) in [5.74, 6) is 0.157. The monoisotopic (exact) mass is 247 g/mol. The van der Waals surface area contributed by atoms with E-state index in [4.69, 9.17) is 15.7 Å². The number of amidine groups is 1. The maximum Gasteiger partial charge on any atom is 0.172 e. The molecule has 2 saturated heterocycles. The SMILES string of the molecule is NC(=NO)c1ccccc1N1CC2CCC(C1)O2. The first-order valence-electron chi connectivity index (χ1n) is 6.25. The summed E-state index contributed by atoms with van der Waals surface area (Å²) in [4.78, 5) is 2.28. The van der Waals surface area contributed by atoms with Gasteiger partial charge in [-0.2, -0.15) is 0 Å². The van der Waals surface area contributed by atoms with Crippen molar-refractivity contribution in [2.24, 2.45) is 10.9 Å². The van der Waals surface area contributed by atoms with Gasteiger partial charge in [0, 0.05) is 24.3 Å². The predicted molar refractivity (Wildman–Crippen MR) is 69.1 cm³/mol. The quantitative estimate of drug-likeness (QED) is 0.356. The van der Waals surface area contributed by atoms with Gasteiger partial charge in [-0.3, -0.25) is 0 Å². The second-order valence-electron chi connectivity index (χ2n) is 4.86. The smallest absolute Gasteiger partial charge is 0.172 e. The van der Waals surface area contributed by atoms with Gasteiger partial charge in [-0.1, -0.05) is 17.3 Å². The second-order valence-corrected chi connectivity index (χ2v) is 4.86. The molecule has 0 radical (unpaired) electrons. The van der Waals surface area contributed by atoms with Crippen molar-refractivity contribution in [3.63, 3.8) is 0 Å². The maximum atomic E-state index is 8.85. The zero-order chi connectivity index (χ0) is 12.5. The Morgan fingerprint density at radius 2 is 1.94 bits per heavy atom. The molecule has 1 aromatic rings. The van der Waals surface area contributed by atoms with Crippen LogP contribution in [0, 0.1) is 0 Å². The van der Waals surface area contributed by atoms with Gasteiger partial charge in [0.05, 0.1) is 12.2 Å². The number of hydrogen-bond acceptors (Lipinski definition) is 4. The molecule has 2 aliphatic rings. The van der Waals surface area contributed by atoms with Gasteiger partial charge in [-0.25, -0.2) is 0 Å². The molecule has 2 atom stereocenters. The average molecular weight is 247 g/mol. The van der Waals surface area contributed by atoms with Crippen molar-refractivity contribution in [1.82, 2.24) is 0 Å². The molecule has 0 saturated carbocycles. The summed E-state index contributed by atoms with van der Waals surface area (Å²) < 4.78 is 5.82. The minimum Gasteiger partial charge on any atom is -0.409 e. The van der Waals surface area contributed by atoms with Crippen molar-refractivity contribution >= 4 is 11.5 Å². The van der Waals surface area contributed by atoms with E-state index in [-0.39, 0.29) is 5.84 Å². The lowest BCUT2D eigenvalue weighted by molar-refractivity contribution is 0.0305. The molecule has 0 aromatic heterocycles. The van der Waals surface area contributed by atoms with Gasteiger partial charge >= 0.3 is 0 Å². The first-order chi connectivity index (χ1) is 8.78. The van der Waals surface area contributed by atoms with E-state index in [0.717, 1.165) is 37.2 Å². The summed E-state index contributed by atoms with van der Waals surface area (Å²) in [6.45, 7) is 1.76. The summed E-state index contributed by atoms with van der Waals surface area (Å²) in [5, 5.41) is 12.0. The Labute approximate surface area is 106 Å². The van der Waals surface area contributed by atoms with Crippen molar-refractivity contribution < 1.29 is 9.94 Å². The highest BCUT2D eigenvalue weighted by Gasteiger charge is 2.34. The molecule has 2 unspecified atom stereocenters. The number of hydrogen-bond donors (Lipinski definition) is 2. The Morgan fingerprint density at radius 1 is 1.28 bits per heavy atom. The molecule has 18 heavy (non-hydrogen) atoms. The van der Waals surface area contributed by atoms with Crippen LogP contribution in [0.4, 0.5) is 5.69 Å². The summed E-state index contributed by atoms with van der Waals surface area (Å²) in [5.41, 5.74) is 7.53. The Hall–Kier alpha value is -1.75. The second kappa shape index (κ2) is 4.49. The van der Waals surface area contributed by atoms with E-state index in [1.165, 1.54) is 0 Å². The molecule has 5 nitrogen and oxygen atoms in total. The highest BCUT2D eigenvalue weighted by molar-refractivity contribution is 6.02. The van der Waals surface area contributed by atoms with E-state index in [0.29, 0.717) is 12.2 Å². The van der Waals surface area contributed by atoms with Gasteiger partial charge in [-0.15, -0.1) is 0 Å². The van der Waals surface area contributed by atoms with Crippen molar-refractivity contribution in [2.75, 3.05) is 18.0 Å². The molecule has 2 heterocycles. The third-order valence-electron chi connectivity index (χ3n) is 3.67. The van der Waals surface area contributed by atoms with E-state index in [9.17, 15) is 0 Å². The topological polar surface area (TPSA) is 71.1 Å². The van der Waals surface area contributed by atoms with Crippen molar-refractivity contribution in [3.8, 4) is 0 Å². The van der Waals surface area contributed by atoms with Crippen molar-refractivity contribution in [2.45, 2.75) is 25.0 Å². The molecule has 96 valence electrons. The Morgan fingerprint density at radius 3 is 2.61 bits per heavy atom. The molecule has 2 fully saturated rings. The third kappa shape index (κ3) is 1.90. The number of fused-ring (bicyclic) bond motifs is 2. The summed E-state index contributed by atoms with van der Waals surface area (Å²) in [7, 11) is 0. The minimum absolute atomic E-state index is 0.157. The molecule has 0 amide bonds. The lowest BCUT2D eigenvalue weighted by Gasteiger charge is -2.34. The van der Waals surface area contributed by atoms with Crippen LogP contribution < -0.4 is 10.6 Å². The lowest BCUT2D eigenvalue weighted by atomic mass is 10.1.